The third kappa shape index (κ3) is 4.72. The zero-order chi connectivity index (χ0) is 23.7. The molecule has 0 aromatic heterocycles. The molecule has 2 aliphatic heterocycles. The first-order valence-electron chi connectivity index (χ1n) is 10.0. The van der Waals surface area contributed by atoms with E-state index < -0.39 is 5.91 Å². The fourth-order valence-corrected chi connectivity index (χ4v) is 4.60. The minimum Gasteiger partial charge on any atom is -0.493 e. The minimum absolute atomic E-state index is 0.0194. The van der Waals surface area contributed by atoms with Crippen LogP contribution in [0.2, 0.25) is 0 Å². The molecule has 10 heteroatoms. The summed E-state index contributed by atoms with van der Waals surface area (Å²) < 4.78 is 25.8. The second-order valence-electron chi connectivity index (χ2n) is 7.53. The molecule has 0 bridgehead atoms. The van der Waals surface area contributed by atoms with Gasteiger partial charge in [-0.1, -0.05) is 32.0 Å². The number of nitrogens with zero attached hydrogens (tertiary/aromatic N) is 3. The zero-order valence-electron chi connectivity index (χ0n) is 18.1. The van der Waals surface area contributed by atoms with E-state index in [-0.39, 0.29) is 29.8 Å². The predicted molar refractivity (Wildman–Crippen MR) is 131 cm³/mol. The van der Waals surface area contributed by atoms with Crippen LogP contribution in [0.15, 0.2) is 56.5 Å². The highest BCUT2D eigenvalue weighted by Crippen LogP contribution is 2.38. The summed E-state index contributed by atoms with van der Waals surface area (Å²) in [5.74, 6) is 0.0538. The van der Waals surface area contributed by atoms with Gasteiger partial charge in [-0.05, 0) is 57.5 Å². The summed E-state index contributed by atoms with van der Waals surface area (Å²) in [6.45, 7) is 4.00. The Morgan fingerprint density at radius 3 is 2.76 bits per heavy atom. The topological polar surface area (TPSA) is 87.3 Å². The maximum atomic E-state index is 13.9. The molecule has 2 heterocycles. The monoisotopic (exact) mass is 530 g/mol. The molecule has 0 radical (unpaired) electrons. The molecule has 7 nitrogen and oxygen atoms in total. The second kappa shape index (κ2) is 9.48. The van der Waals surface area contributed by atoms with Crippen LogP contribution in [0.3, 0.4) is 0 Å². The lowest BCUT2D eigenvalue weighted by Crippen LogP contribution is -2.35. The Morgan fingerprint density at radius 1 is 1.30 bits per heavy atom. The molecule has 1 amide bonds. The van der Waals surface area contributed by atoms with Gasteiger partial charge in [-0.3, -0.25) is 10.2 Å². The highest BCUT2D eigenvalue weighted by molar-refractivity contribution is 9.10. The summed E-state index contributed by atoms with van der Waals surface area (Å²) in [4.78, 5) is 16.7. The van der Waals surface area contributed by atoms with E-state index in [9.17, 15) is 9.18 Å². The maximum absolute atomic E-state index is 13.9. The highest BCUT2D eigenvalue weighted by atomic mass is 79.9. The average Bonchev–Trinajstić information content (AvgIpc) is 3.21. The number of hydrogen-bond donors (Lipinski definition) is 1. The molecular formula is C23H20BrFN4O3S. The largest absolute Gasteiger partial charge is 0.493 e. The van der Waals surface area contributed by atoms with Gasteiger partial charge >= 0.3 is 0 Å². The van der Waals surface area contributed by atoms with Gasteiger partial charge in [-0.2, -0.15) is 15.1 Å². The van der Waals surface area contributed by atoms with E-state index in [4.69, 9.17) is 14.9 Å². The van der Waals surface area contributed by atoms with Crippen molar-refractivity contribution in [3.8, 4) is 11.5 Å². The fourth-order valence-electron chi connectivity index (χ4n) is 3.14. The van der Waals surface area contributed by atoms with Crippen molar-refractivity contribution >= 4 is 55.7 Å². The fraction of sp³-hybridized carbons (Fsp3) is 0.217. The Hall–Kier alpha value is -2.98. The normalized spacial score (nSPS) is 16.8. The molecular weight excluding hydrogens is 511 g/mol. The van der Waals surface area contributed by atoms with Crippen molar-refractivity contribution in [1.29, 1.82) is 5.41 Å². The Morgan fingerprint density at radius 2 is 2.06 bits per heavy atom. The van der Waals surface area contributed by atoms with Crippen LogP contribution in [0, 0.1) is 17.1 Å². The number of amides is 1. The summed E-state index contributed by atoms with van der Waals surface area (Å²) >= 11 is 4.76. The summed E-state index contributed by atoms with van der Waals surface area (Å²) in [6, 6.07) is 9.78. The van der Waals surface area contributed by atoms with E-state index >= 15 is 0 Å². The van der Waals surface area contributed by atoms with Crippen molar-refractivity contribution in [2.24, 2.45) is 16.0 Å². The smallest absolute Gasteiger partial charge is 0.283 e. The third-order valence-corrected chi connectivity index (χ3v) is 6.65. The van der Waals surface area contributed by atoms with Gasteiger partial charge < -0.3 is 9.47 Å². The Balaban J connectivity index is 1.62. The SMILES string of the molecule is COc1cc(C=C2C(=N)N3N=C(C(C)C)SC3=NC2=O)cc(Br)c1OCc1ccccc1F. The van der Waals surface area contributed by atoms with Crippen LogP contribution in [0.1, 0.15) is 25.0 Å². The number of amidine groups is 2. The predicted octanol–water partition coefficient (Wildman–Crippen LogP) is 5.45. The van der Waals surface area contributed by atoms with Crippen LogP contribution in [-0.2, 0) is 11.4 Å². The molecule has 33 heavy (non-hydrogen) atoms. The second-order valence-corrected chi connectivity index (χ2v) is 9.37. The number of methoxy groups -OCH3 is 1. The first kappa shape index (κ1) is 23.2. The van der Waals surface area contributed by atoms with Gasteiger partial charge in [0.05, 0.1) is 17.2 Å². The average molecular weight is 531 g/mol. The number of ether oxygens (including phenoxy) is 2. The van der Waals surface area contributed by atoms with Gasteiger partial charge in [0, 0.05) is 11.5 Å². The molecule has 0 unspecified atom stereocenters. The zero-order valence-corrected chi connectivity index (χ0v) is 20.5. The number of benzene rings is 2. The number of carbonyl (C=O) groups excluding carboxylic acids is 1. The molecule has 170 valence electrons. The molecule has 0 saturated heterocycles. The Kier molecular flexibility index (Phi) is 6.66. The summed E-state index contributed by atoms with van der Waals surface area (Å²) in [7, 11) is 1.49. The van der Waals surface area contributed by atoms with Crippen LogP contribution in [0.4, 0.5) is 4.39 Å². The van der Waals surface area contributed by atoms with Gasteiger partial charge in [0.2, 0.25) is 5.17 Å². The standard InChI is InChI=1S/C23H20BrFN4O3S/c1-12(2)22-28-29-20(26)15(21(30)27-23(29)33-22)8-13-9-16(24)19(18(10-13)31-3)32-11-14-6-4-5-7-17(14)25/h4-10,12,26H,11H2,1-3H3. The summed E-state index contributed by atoms with van der Waals surface area (Å²) in [6.07, 6.45) is 1.56. The van der Waals surface area contributed by atoms with Gasteiger partial charge in [0.15, 0.2) is 17.3 Å². The van der Waals surface area contributed by atoms with Crippen LogP contribution in [0.25, 0.3) is 6.08 Å². The molecule has 0 spiro atoms. The summed E-state index contributed by atoms with van der Waals surface area (Å²) in [5, 5.41) is 15.5. The molecule has 0 atom stereocenters. The molecule has 2 aliphatic rings. The van der Waals surface area contributed by atoms with Gasteiger partial charge in [0.25, 0.3) is 5.91 Å². The molecule has 1 N–H and O–H groups in total. The maximum Gasteiger partial charge on any atom is 0.283 e. The van der Waals surface area contributed by atoms with Crippen molar-refractivity contribution in [2.45, 2.75) is 20.5 Å². The molecule has 2 aromatic carbocycles. The molecule has 2 aromatic rings. The van der Waals surface area contributed by atoms with E-state index in [0.29, 0.717) is 32.3 Å². The highest BCUT2D eigenvalue weighted by Gasteiger charge is 2.36. The van der Waals surface area contributed by atoms with Gasteiger partial charge in [-0.25, -0.2) is 4.39 Å². The molecule has 0 fully saturated rings. The Labute approximate surface area is 203 Å². The van der Waals surface area contributed by atoms with Crippen LogP contribution in [0.5, 0.6) is 11.5 Å². The van der Waals surface area contributed by atoms with Crippen molar-refractivity contribution in [2.75, 3.05) is 7.11 Å². The molecule has 0 aliphatic carbocycles. The number of aliphatic imine (C=N–C) groups is 1. The number of hydrogen-bond acceptors (Lipinski definition) is 6. The van der Waals surface area contributed by atoms with Crippen LogP contribution < -0.4 is 9.47 Å². The van der Waals surface area contributed by atoms with Gasteiger partial charge in [-0.15, -0.1) is 0 Å². The molecule has 0 saturated carbocycles. The van der Waals surface area contributed by atoms with E-state index in [0.717, 1.165) is 5.04 Å². The third-order valence-electron chi connectivity index (χ3n) is 4.86. The number of rotatable bonds is 6. The van der Waals surface area contributed by atoms with E-state index in [1.807, 2.05) is 13.8 Å². The van der Waals surface area contributed by atoms with E-state index in [2.05, 4.69) is 26.0 Å². The number of fused-ring (bicyclic) bond motifs is 1. The van der Waals surface area contributed by atoms with Crippen molar-refractivity contribution in [3.63, 3.8) is 0 Å². The summed E-state index contributed by atoms with van der Waals surface area (Å²) in [5.41, 5.74) is 1.13. The molecule has 4 rings (SSSR count). The van der Waals surface area contributed by atoms with Crippen molar-refractivity contribution < 1.29 is 18.7 Å². The van der Waals surface area contributed by atoms with Crippen molar-refractivity contribution in [3.05, 3.63) is 63.4 Å². The van der Waals surface area contributed by atoms with Gasteiger partial charge in [0.1, 0.15) is 17.5 Å². The Bertz CT molecular complexity index is 1240. The number of halogens is 2. The van der Waals surface area contributed by atoms with E-state index in [1.165, 1.54) is 29.9 Å². The number of carbonyl (C=O) groups is 1. The van der Waals surface area contributed by atoms with Crippen LogP contribution >= 0.6 is 27.7 Å². The quantitative estimate of drug-likeness (QED) is 0.501. The number of hydrazone groups is 1. The first-order valence-corrected chi connectivity index (χ1v) is 11.6. The lowest BCUT2D eigenvalue weighted by atomic mass is 10.1. The number of thioether (sulfide) groups is 1. The van der Waals surface area contributed by atoms with E-state index in [1.54, 1.807) is 36.4 Å². The lowest BCUT2D eigenvalue weighted by molar-refractivity contribution is -0.114. The first-order chi connectivity index (χ1) is 15.8. The minimum atomic E-state index is -0.506. The lowest BCUT2D eigenvalue weighted by Gasteiger charge is -2.20. The number of nitrogens with one attached hydrogen (secondary N) is 1. The van der Waals surface area contributed by atoms with Crippen molar-refractivity contribution in [1.82, 2.24) is 5.01 Å². The van der Waals surface area contributed by atoms with Crippen LogP contribution in [-0.4, -0.2) is 34.1 Å².